The Bertz CT molecular complexity index is 798. The molecule has 0 bridgehead atoms. The van der Waals surface area contributed by atoms with Gasteiger partial charge in [0.2, 0.25) is 0 Å². The van der Waals surface area contributed by atoms with Gasteiger partial charge in [0.25, 0.3) is 0 Å². The average molecular weight is 311 g/mol. The van der Waals surface area contributed by atoms with Crippen LogP contribution in [0.3, 0.4) is 0 Å². The van der Waals surface area contributed by atoms with Crippen LogP contribution in [-0.4, -0.2) is 16.2 Å². The second-order valence-electron chi connectivity index (χ2n) is 5.30. The molecule has 4 rings (SSSR count). The third kappa shape index (κ3) is 2.31. The SMILES string of the molecule is Clc1cccc(C(c2ccc3c(c2)NCN3)n2ccnc2)c1. The Morgan fingerprint density at radius 2 is 1.91 bits per heavy atom. The summed E-state index contributed by atoms with van der Waals surface area (Å²) in [6, 6.07) is 14.5. The van der Waals surface area contributed by atoms with Gasteiger partial charge in [-0.3, -0.25) is 0 Å². The zero-order valence-corrected chi connectivity index (χ0v) is 12.6. The quantitative estimate of drug-likeness (QED) is 0.769. The van der Waals surface area contributed by atoms with E-state index in [-0.39, 0.29) is 6.04 Å². The fourth-order valence-corrected chi connectivity index (χ4v) is 3.10. The number of hydrogen-bond donors (Lipinski definition) is 2. The number of aromatic nitrogens is 2. The minimum atomic E-state index is 0.0499. The summed E-state index contributed by atoms with van der Waals surface area (Å²) in [5.74, 6) is 0. The topological polar surface area (TPSA) is 41.9 Å². The van der Waals surface area contributed by atoms with E-state index in [2.05, 4.69) is 44.5 Å². The maximum atomic E-state index is 6.18. The van der Waals surface area contributed by atoms with Crippen molar-refractivity contribution in [2.75, 3.05) is 17.3 Å². The lowest BCUT2D eigenvalue weighted by Gasteiger charge is -2.20. The maximum Gasteiger partial charge on any atom is 0.0954 e. The van der Waals surface area contributed by atoms with Crippen molar-refractivity contribution in [3.8, 4) is 0 Å². The summed E-state index contributed by atoms with van der Waals surface area (Å²) < 4.78 is 2.09. The molecule has 0 saturated heterocycles. The number of nitrogens with one attached hydrogen (secondary N) is 2. The molecule has 0 fully saturated rings. The summed E-state index contributed by atoms with van der Waals surface area (Å²) in [4.78, 5) is 4.19. The lowest BCUT2D eigenvalue weighted by atomic mass is 9.97. The first kappa shape index (κ1) is 13.2. The standard InChI is InChI=1S/C17H15ClN4/c18-14-3-1-2-12(8-14)17(22-7-6-19-11-22)13-4-5-15-16(9-13)21-10-20-15/h1-9,11,17,20-21H,10H2. The number of benzene rings is 2. The number of hydrogen-bond acceptors (Lipinski definition) is 3. The molecule has 2 aromatic carbocycles. The molecule has 4 nitrogen and oxygen atoms in total. The number of anilines is 2. The van der Waals surface area contributed by atoms with Crippen LogP contribution in [0.1, 0.15) is 17.2 Å². The predicted octanol–water partition coefficient (Wildman–Crippen LogP) is 3.97. The van der Waals surface area contributed by atoms with Gasteiger partial charge >= 0.3 is 0 Å². The molecule has 1 aromatic heterocycles. The molecule has 1 aliphatic heterocycles. The van der Waals surface area contributed by atoms with E-state index in [4.69, 9.17) is 11.6 Å². The smallest absolute Gasteiger partial charge is 0.0954 e. The molecule has 0 amide bonds. The molecule has 3 aromatic rings. The van der Waals surface area contributed by atoms with Gasteiger partial charge in [-0.25, -0.2) is 4.98 Å². The van der Waals surface area contributed by atoms with Gasteiger partial charge in [0, 0.05) is 17.4 Å². The lowest BCUT2D eigenvalue weighted by molar-refractivity contribution is 0.677. The highest BCUT2D eigenvalue weighted by Gasteiger charge is 2.19. The molecule has 0 aliphatic carbocycles. The molecule has 2 heterocycles. The molecular formula is C17H15ClN4. The first-order chi connectivity index (χ1) is 10.8. The fourth-order valence-electron chi connectivity index (χ4n) is 2.90. The summed E-state index contributed by atoms with van der Waals surface area (Å²) >= 11 is 6.18. The first-order valence-electron chi connectivity index (χ1n) is 7.16. The monoisotopic (exact) mass is 310 g/mol. The molecule has 1 atom stereocenters. The second kappa shape index (κ2) is 5.39. The van der Waals surface area contributed by atoms with E-state index in [0.717, 1.165) is 28.6 Å². The van der Waals surface area contributed by atoms with Gasteiger partial charge in [-0.05, 0) is 35.4 Å². The van der Waals surface area contributed by atoms with Crippen LogP contribution in [0.2, 0.25) is 5.02 Å². The highest BCUT2D eigenvalue weighted by atomic mass is 35.5. The van der Waals surface area contributed by atoms with Crippen molar-refractivity contribution in [2.45, 2.75) is 6.04 Å². The number of nitrogens with zero attached hydrogens (tertiary/aromatic N) is 2. The molecule has 1 unspecified atom stereocenters. The largest absolute Gasteiger partial charge is 0.366 e. The minimum Gasteiger partial charge on any atom is -0.366 e. The molecular weight excluding hydrogens is 296 g/mol. The Morgan fingerprint density at radius 3 is 2.73 bits per heavy atom. The summed E-state index contributed by atoms with van der Waals surface area (Å²) in [6.07, 6.45) is 5.61. The Morgan fingerprint density at radius 1 is 1.05 bits per heavy atom. The van der Waals surface area contributed by atoms with E-state index in [1.807, 2.05) is 30.7 Å². The van der Waals surface area contributed by atoms with Gasteiger partial charge in [0.05, 0.1) is 30.4 Å². The Labute approximate surface area is 133 Å². The van der Waals surface area contributed by atoms with E-state index in [0.29, 0.717) is 0 Å². The Hall–Kier alpha value is -2.46. The summed E-state index contributed by atoms with van der Waals surface area (Å²) in [7, 11) is 0. The van der Waals surface area contributed by atoms with Crippen LogP contribution in [0.4, 0.5) is 11.4 Å². The first-order valence-corrected chi connectivity index (χ1v) is 7.54. The van der Waals surface area contributed by atoms with E-state index in [1.54, 1.807) is 6.20 Å². The molecule has 110 valence electrons. The van der Waals surface area contributed by atoms with E-state index in [9.17, 15) is 0 Å². The highest BCUT2D eigenvalue weighted by molar-refractivity contribution is 6.30. The van der Waals surface area contributed by atoms with Gasteiger partial charge in [-0.15, -0.1) is 0 Å². The summed E-state index contributed by atoms with van der Waals surface area (Å²) in [5, 5.41) is 7.38. The molecule has 0 radical (unpaired) electrons. The zero-order valence-electron chi connectivity index (χ0n) is 11.8. The predicted molar refractivity (Wildman–Crippen MR) is 89.5 cm³/mol. The van der Waals surface area contributed by atoms with Crippen molar-refractivity contribution < 1.29 is 0 Å². The van der Waals surface area contributed by atoms with Gasteiger partial charge in [-0.1, -0.05) is 29.8 Å². The minimum absolute atomic E-state index is 0.0499. The van der Waals surface area contributed by atoms with Gasteiger partial charge in [-0.2, -0.15) is 0 Å². The maximum absolute atomic E-state index is 6.18. The van der Waals surface area contributed by atoms with Crippen molar-refractivity contribution in [3.63, 3.8) is 0 Å². The average Bonchev–Trinajstić information content (AvgIpc) is 3.18. The van der Waals surface area contributed by atoms with Gasteiger partial charge < -0.3 is 15.2 Å². The summed E-state index contributed by atoms with van der Waals surface area (Å²) in [6.45, 7) is 0.770. The van der Waals surface area contributed by atoms with Crippen LogP contribution in [0.15, 0.2) is 61.2 Å². The van der Waals surface area contributed by atoms with E-state index >= 15 is 0 Å². The van der Waals surface area contributed by atoms with Crippen molar-refractivity contribution in [2.24, 2.45) is 0 Å². The Kier molecular flexibility index (Phi) is 3.24. The number of imidazole rings is 1. The van der Waals surface area contributed by atoms with Crippen LogP contribution < -0.4 is 10.6 Å². The van der Waals surface area contributed by atoms with Crippen molar-refractivity contribution >= 4 is 23.0 Å². The third-order valence-corrected chi connectivity index (χ3v) is 4.14. The molecule has 5 heteroatoms. The highest BCUT2D eigenvalue weighted by Crippen LogP contribution is 2.34. The van der Waals surface area contributed by atoms with Crippen molar-refractivity contribution in [1.29, 1.82) is 0 Å². The molecule has 1 aliphatic rings. The Balaban J connectivity index is 1.84. The third-order valence-electron chi connectivity index (χ3n) is 3.90. The molecule has 22 heavy (non-hydrogen) atoms. The van der Waals surface area contributed by atoms with E-state index < -0.39 is 0 Å². The van der Waals surface area contributed by atoms with Crippen molar-refractivity contribution in [1.82, 2.24) is 9.55 Å². The van der Waals surface area contributed by atoms with Crippen LogP contribution >= 0.6 is 11.6 Å². The van der Waals surface area contributed by atoms with Crippen molar-refractivity contribution in [3.05, 3.63) is 77.3 Å². The number of halogens is 1. The fraction of sp³-hybridized carbons (Fsp3) is 0.118. The molecule has 0 saturated carbocycles. The normalized spacial score (nSPS) is 14.0. The van der Waals surface area contributed by atoms with Gasteiger partial charge in [0.15, 0.2) is 0 Å². The lowest BCUT2D eigenvalue weighted by Crippen LogP contribution is -2.10. The number of rotatable bonds is 3. The molecule has 2 N–H and O–H groups in total. The van der Waals surface area contributed by atoms with Gasteiger partial charge in [0.1, 0.15) is 0 Å². The van der Waals surface area contributed by atoms with E-state index in [1.165, 1.54) is 5.56 Å². The van der Waals surface area contributed by atoms with Crippen LogP contribution in [-0.2, 0) is 0 Å². The molecule has 0 spiro atoms. The number of fused-ring (bicyclic) bond motifs is 1. The van der Waals surface area contributed by atoms with Crippen LogP contribution in [0.5, 0.6) is 0 Å². The zero-order chi connectivity index (χ0) is 14.9. The van der Waals surface area contributed by atoms with Crippen LogP contribution in [0.25, 0.3) is 0 Å². The second-order valence-corrected chi connectivity index (χ2v) is 5.74. The van der Waals surface area contributed by atoms with Crippen LogP contribution in [0, 0.1) is 0 Å². The summed E-state index contributed by atoms with van der Waals surface area (Å²) in [5.41, 5.74) is 4.59.